The van der Waals surface area contributed by atoms with Gasteiger partial charge in [-0.25, -0.2) is 0 Å². The lowest BCUT2D eigenvalue weighted by atomic mass is 9.78. The third kappa shape index (κ3) is 7.65. The summed E-state index contributed by atoms with van der Waals surface area (Å²) in [6, 6.07) is 41.4. The van der Waals surface area contributed by atoms with E-state index in [0.717, 1.165) is 22.3 Å². The van der Waals surface area contributed by atoms with Crippen LogP contribution in [0.3, 0.4) is 0 Å². The van der Waals surface area contributed by atoms with Gasteiger partial charge in [0.15, 0.2) is 12.6 Å². The van der Waals surface area contributed by atoms with E-state index in [0.29, 0.717) is 54.6 Å². The maximum absolute atomic E-state index is 13.6. The molecule has 1 N–H and O–H groups in total. The summed E-state index contributed by atoms with van der Waals surface area (Å²) in [6.07, 6.45) is -1.64. The van der Waals surface area contributed by atoms with E-state index in [1.54, 1.807) is 7.11 Å². The van der Waals surface area contributed by atoms with Crippen LogP contribution in [0.5, 0.6) is 11.5 Å². The first-order valence-corrected chi connectivity index (χ1v) is 17.9. The van der Waals surface area contributed by atoms with E-state index in [9.17, 15) is 5.11 Å². The molecule has 0 aromatic heterocycles. The molecule has 5 aromatic carbocycles. The molecule has 7 heteroatoms. The maximum Gasteiger partial charge on any atom is 0.183 e. The standard InChI is InChI=1S/C45H48O7/c1-43(2)27-48-41(49-28-43)33-17-12-18-36(25-33)45(46,35-20-22-37(47-5)23-21-35)38-26-34(42-50-29-44(3,4)30-51-42)19-24-39(38)52-40(31-13-8-6-9-14-31)32-15-10-7-11-16-32/h6-26,40-42,46H,27-30H2,1-5H3. The van der Waals surface area contributed by atoms with E-state index >= 15 is 0 Å². The Morgan fingerprint density at radius 3 is 1.63 bits per heavy atom. The highest BCUT2D eigenvalue weighted by Gasteiger charge is 2.40. The Morgan fingerprint density at radius 2 is 1.12 bits per heavy atom. The van der Waals surface area contributed by atoms with Gasteiger partial charge in [-0.05, 0) is 52.6 Å². The summed E-state index contributed by atoms with van der Waals surface area (Å²) in [5, 5.41) is 13.6. The van der Waals surface area contributed by atoms with Gasteiger partial charge in [-0.15, -0.1) is 0 Å². The average molecular weight is 701 g/mol. The first-order chi connectivity index (χ1) is 25.0. The summed E-state index contributed by atoms with van der Waals surface area (Å²) in [4.78, 5) is 0. The van der Waals surface area contributed by atoms with Gasteiger partial charge in [0, 0.05) is 27.5 Å². The van der Waals surface area contributed by atoms with Crippen LogP contribution in [0.25, 0.3) is 0 Å². The summed E-state index contributed by atoms with van der Waals surface area (Å²) in [5.74, 6) is 1.18. The summed E-state index contributed by atoms with van der Waals surface area (Å²) >= 11 is 0. The average Bonchev–Trinajstić information content (AvgIpc) is 3.17. The molecule has 0 bridgehead atoms. The van der Waals surface area contributed by atoms with Crippen molar-refractivity contribution < 1.29 is 33.5 Å². The van der Waals surface area contributed by atoms with Crippen molar-refractivity contribution in [1.29, 1.82) is 0 Å². The molecule has 5 aromatic rings. The Hall–Kier alpha value is -4.50. The Bertz CT molecular complexity index is 1880. The second-order valence-corrected chi connectivity index (χ2v) is 15.4. The van der Waals surface area contributed by atoms with Gasteiger partial charge in [0.1, 0.15) is 23.2 Å². The van der Waals surface area contributed by atoms with Crippen LogP contribution in [0.4, 0.5) is 0 Å². The zero-order valence-corrected chi connectivity index (χ0v) is 30.6. The Labute approximate surface area is 307 Å². The lowest BCUT2D eigenvalue weighted by Gasteiger charge is -2.37. The SMILES string of the molecule is COc1ccc(C(O)(c2cccc(C3OCC(C)(C)CO3)c2)c2cc(C3OCC(C)(C)CO3)ccc2OC(c2ccccc2)c2ccccc2)cc1. The van der Waals surface area contributed by atoms with Crippen molar-refractivity contribution in [2.75, 3.05) is 33.5 Å². The van der Waals surface area contributed by atoms with Gasteiger partial charge in [0.2, 0.25) is 0 Å². The summed E-state index contributed by atoms with van der Waals surface area (Å²) in [6.45, 7) is 10.7. The molecule has 0 amide bonds. The minimum atomic E-state index is -1.71. The van der Waals surface area contributed by atoms with E-state index in [4.69, 9.17) is 28.4 Å². The van der Waals surface area contributed by atoms with Crippen molar-refractivity contribution in [3.05, 3.63) is 166 Å². The van der Waals surface area contributed by atoms with Crippen molar-refractivity contribution >= 4 is 0 Å². The van der Waals surface area contributed by atoms with Crippen molar-refractivity contribution in [3.8, 4) is 11.5 Å². The molecule has 7 rings (SSSR count). The molecule has 1 unspecified atom stereocenters. The zero-order valence-electron chi connectivity index (χ0n) is 30.6. The number of aliphatic hydroxyl groups is 1. The van der Waals surface area contributed by atoms with Crippen molar-refractivity contribution in [2.45, 2.75) is 52.0 Å². The number of methoxy groups -OCH3 is 1. The molecule has 2 heterocycles. The van der Waals surface area contributed by atoms with Gasteiger partial charge >= 0.3 is 0 Å². The highest BCUT2D eigenvalue weighted by Crippen LogP contribution is 2.46. The van der Waals surface area contributed by atoms with Gasteiger partial charge in [-0.1, -0.05) is 125 Å². The number of benzene rings is 5. The third-order valence-electron chi connectivity index (χ3n) is 9.70. The molecule has 0 aliphatic carbocycles. The van der Waals surface area contributed by atoms with Gasteiger partial charge in [-0.2, -0.15) is 0 Å². The molecule has 52 heavy (non-hydrogen) atoms. The van der Waals surface area contributed by atoms with Gasteiger partial charge in [-0.3, -0.25) is 0 Å². The Morgan fingerprint density at radius 1 is 0.596 bits per heavy atom. The minimum absolute atomic E-state index is 0.0862. The molecule has 2 fully saturated rings. The fraction of sp³-hybridized carbons (Fsp3) is 0.333. The quantitative estimate of drug-likeness (QED) is 0.146. The Kier molecular flexibility index (Phi) is 10.3. The van der Waals surface area contributed by atoms with Crippen LogP contribution < -0.4 is 9.47 Å². The largest absolute Gasteiger partial charge is 0.497 e. The van der Waals surface area contributed by atoms with Crippen LogP contribution in [-0.2, 0) is 24.5 Å². The van der Waals surface area contributed by atoms with E-state index in [1.165, 1.54) is 0 Å². The van der Waals surface area contributed by atoms with Crippen LogP contribution in [-0.4, -0.2) is 38.6 Å². The molecule has 0 spiro atoms. The predicted molar refractivity (Wildman–Crippen MR) is 200 cm³/mol. The first kappa shape index (κ1) is 35.9. The number of hydrogen-bond acceptors (Lipinski definition) is 7. The molecule has 2 aliphatic heterocycles. The first-order valence-electron chi connectivity index (χ1n) is 17.9. The lowest BCUT2D eigenvalue weighted by Crippen LogP contribution is -2.35. The minimum Gasteiger partial charge on any atom is -0.497 e. The molecule has 270 valence electrons. The van der Waals surface area contributed by atoms with E-state index in [1.807, 2.05) is 103 Å². The highest BCUT2D eigenvalue weighted by molar-refractivity contribution is 5.55. The molecule has 7 nitrogen and oxygen atoms in total. The molecular weight excluding hydrogens is 652 g/mol. The second-order valence-electron chi connectivity index (χ2n) is 15.4. The van der Waals surface area contributed by atoms with Crippen LogP contribution in [0.2, 0.25) is 0 Å². The van der Waals surface area contributed by atoms with Crippen LogP contribution >= 0.6 is 0 Å². The number of hydrogen-bond donors (Lipinski definition) is 1. The van der Waals surface area contributed by atoms with Crippen LogP contribution in [0.15, 0.2) is 127 Å². The third-order valence-corrected chi connectivity index (χ3v) is 9.70. The highest BCUT2D eigenvalue weighted by atomic mass is 16.7. The van der Waals surface area contributed by atoms with Gasteiger partial charge in [0.25, 0.3) is 0 Å². The van der Waals surface area contributed by atoms with Crippen molar-refractivity contribution in [1.82, 2.24) is 0 Å². The van der Waals surface area contributed by atoms with E-state index < -0.39 is 24.3 Å². The fourth-order valence-corrected chi connectivity index (χ4v) is 6.78. The Balaban J connectivity index is 1.40. The molecule has 0 radical (unpaired) electrons. The molecule has 1 atom stereocenters. The van der Waals surface area contributed by atoms with E-state index in [-0.39, 0.29) is 10.8 Å². The van der Waals surface area contributed by atoms with E-state index in [2.05, 4.69) is 52.0 Å². The van der Waals surface area contributed by atoms with Gasteiger partial charge < -0.3 is 33.5 Å². The molecule has 0 saturated carbocycles. The number of ether oxygens (including phenoxy) is 6. The van der Waals surface area contributed by atoms with Gasteiger partial charge in [0.05, 0.1) is 33.5 Å². The molecule has 2 aliphatic rings. The second kappa shape index (κ2) is 14.9. The van der Waals surface area contributed by atoms with Crippen molar-refractivity contribution in [2.24, 2.45) is 10.8 Å². The summed E-state index contributed by atoms with van der Waals surface area (Å²) in [5.41, 5.74) is 3.42. The molecule has 2 saturated heterocycles. The zero-order chi connectivity index (χ0) is 36.3. The monoisotopic (exact) mass is 700 g/mol. The predicted octanol–water partition coefficient (Wildman–Crippen LogP) is 9.29. The smallest absolute Gasteiger partial charge is 0.183 e. The maximum atomic E-state index is 13.6. The fourth-order valence-electron chi connectivity index (χ4n) is 6.78. The summed E-state index contributed by atoms with van der Waals surface area (Å²) < 4.78 is 37.5. The van der Waals surface area contributed by atoms with Crippen molar-refractivity contribution in [3.63, 3.8) is 0 Å². The van der Waals surface area contributed by atoms with Crippen LogP contribution in [0.1, 0.15) is 85.3 Å². The normalized spacial score (nSPS) is 18.8. The number of rotatable bonds is 10. The molecular formula is C45H48O7. The van der Waals surface area contributed by atoms with Crippen LogP contribution in [0, 0.1) is 10.8 Å². The summed E-state index contributed by atoms with van der Waals surface area (Å²) in [7, 11) is 1.63. The lowest BCUT2D eigenvalue weighted by molar-refractivity contribution is -0.226. The topological polar surface area (TPSA) is 75.6 Å².